The van der Waals surface area contributed by atoms with Crippen LogP contribution in [0.25, 0.3) is 0 Å². The molecule has 5 rings (SSSR count). The number of amides is 2. The van der Waals surface area contributed by atoms with Gasteiger partial charge in [0.25, 0.3) is 0 Å². The third kappa shape index (κ3) is 4.20. The molecule has 1 spiro atoms. The Kier molecular flexibility index (Phi) is 6.58. The number of hydrogen-bond acceptors (Lipinski definition) is 8. The minimum Gasteiger partial charge on any atom is -0.504 e. The first kappa shape index (κ1) is 28.5. The van der Waals surface area contributed by atoms with E-state index in [0.29, 0.717) is 25.0 Å². The Morgan fingerprint density at radius 3 is 2.45 bits per heavy atom. The van der Waals surface area contributed by atoms with Gasteiger partial charge in [0.2, 0.25) is 5.96 Å². The summed E-state index contributed by atoms with van der Waals surface area (Å²) in [6.45, 7) is 11.2. The van der Waals surface area contributed by atoms with E-state index >= 15 is 0 Å². The number of rotatable bonds is 2. The number of carbonyl (C=O) groups excluding carboxylic acids is 2. The Morgan fingerprint density at radius 1 is 1.15 bits per heavy atom. The third-order valence-corrected chi connectivity index (χ3v) is 8.79. The number of aromatic hydroxyl groups is 1. The van der Waals surface area contributed by atoms with Crippen LogP contribution < -0.4 is 10.5 Å². The number of benzene rings is 1. The molecule has 1 saturated heterocycles. The number of piperidine rings is 1. The Hall–Kier alpha value is -3.05. The van der Waals surface area contributed by atoms with Gasteiger partial charge in [0.15, 0.2) is 11.5 Å². The monoisotopic (exact) mass is 558 g/mol. The number of nitrogens with zero attached hydrogens (tertiary/aromatic N) is 3. The van der Waals surface area contributed by atoms with Gasteiger partial charge in [0.05, 0.1) is 17.1 Å². The fourth-order valence-corrected chi connectivity index (χ4v) is 7.52. The van der Waals surface area contributed by atoms with Crippen molar-refractivity contribution in [3.05, 3.63) is 23.3 Å². The second-order valence-electron chi connectivity index (χ2n) is 13.4. The molecule has 2 bridgehead atoms. The molecular weight excluding hydrogens is 516 g/mol. The Balaban J connectivity index is 1.65. The number of phenols is 1. The number of aliphatic imine (C=N–C) groups is 1. The van der Waals surface area contributed by atoms with Crippen LogP contribution in [0.2, 0.25) is 0 Å². The van der Waals surface area contributed by atoms with Crippen molar-refractivity contribution in [2.75, 3.05) is 20.7 Å². The standard InChI is InChI=1S/C29H42N4O7/c1-26(2,3)39-24(35)31-23(30)33(25(36)40-27(4,5)6)17-11-12-29(37-8)19-15-16-9-10-18(34)21-20(16)28(29,22(17)38-21)13-14-32(19)7/h9-10,17,19,22,34H,11-15H2,1-8H3,(H2,30,31,35)/t17-,19?,22-,28?,29+/m0/s1. The summed E-state index contributed by atoms with van der Waals surface area (Å²) in [7, 11) is 3.85. The van der Waals surface area contributed by atoms with Crippen LogP contribution in [0, 0.1) is 0 Å². The van der Waals surface area contributed by atoms with E-state index in [2.05, 4.69) is 16.9 Å². The molecule has 2 aliphatic carbocycles. The topological polar surface area (TPSA) is 136 Å². The van der Waals surface area contributed by atoms with Gasteiger partial charge in [-0.25, -0.2) is 14.5 Å². The highest BCUT2D eigenvalue weighted by Gasteiger charge is 2.74. The van der Waals surface area contributed by atoms with Crippen LogP contribution in [0.1, 0.15) is 71.9 Å². The number of phenolic OH excluding ortho intramolecular Hbond substituents is 1. The molecule has 5 atom stereocenters. The molecule has 2 heterocycles. The van der Waals surface area contributed by atoms with E-state index in [0.717, 1.165) is 24.1 Å². The van der Waals surface area contributed by atoms with Gasteiger partial charge >= 0.3 is 12.2 Å². The van der Waals surface area contributed by atoms with E-state index in [1.54, 1.807) is 54.7 Å². The molecular formula is C29H42N4O7. The summed E-state index contributed by atoms with van der Waals surface area (Å²) in [6, 6.07) is 3.03. The molecule has 220 valence electrons. The number of nitrogens with two attached hydrogens (primary N) is 1. The lowest BCUT2D eigenvalue weighted by molar-refractivity contribution is -0.207. The summed E-state index contributed by atoms with van der Waals surface area (Å²) in [6.07, 6.45) is 0.186. The summed E-state index contributed by atoms with van der Waals surface area (Å²) in [5, 5.41) is 10.9. The molecule has 0 aromatic heterocycles. The maximum atomic E-state index is 13.8. The Morgan fingerprint density at radius 2 is 1.82 bits per heavy atom. The van der Waals surface area contributed by atoms with Gasteiger partial charge in [-0.15, -0.1) is 4.99 Å². The Bertz CT molecular complexity index is 1250. The van der Waals surface area contributed by atoms with Crippen LogP contribution in [-0.4, -0.2) is 88.7 Å². The van der Waals surface area contributed by atoms with Crippen molar-refractivity contribution in [2.24, 2.45) is 10.7 Å². The van der Waals surface area contributed by atoms with Gasteiger partial charge in [-0.2, -0.15) is 0 Å². The molecule has 3 N–H and O–H groups in total. The van der Waals surface area contributed by atoms with E-state index in [4.69, 9.17) is 24.7 Å². The van der Waals surface area contributed by atoms with Crippen LogP contribution in [0.15, 0.2) is 17.1 Å². The molecule has 11 nitrogen and oxygen atoms in total. The van der Waals surface area contributed by atoms with Crippen LogP contribution in [0.4, 0.5) is 9.59 Å². The van der Waals surface area contributed by atoms with E-state index in [1.165, 1.54) is 4.90 Å². The summed E-state index contributed by atoms with van der Waals surface area (Å²) in [5.74, 6) is 0.132. The highest BCUT2D eigenvalue weighted by molar-refractivity contribution is 5.98. The molecule has 0 radical (unpaired) electrons. The summed E-state index contributed by atoms with van der Waals surface area (Å²) in [4.78, 5) is 34.0. The van der Waals surface area contributed by atoms with Crippen molar-refractivity contribution in [1.29, 1.82) is 0 Å². The zero-order valence-corrected chi connectivity index (χ0v) is 24.7. The fraction of sp³-hybridized carbons (Fsp3) is 0.690. The van der Waals surface area contributed by atoms with E-state index < -0.39 is 46.6 Å². The van der Waals surface area contributed by atoms with Crippen molar-refractivity contribution < 1.29 is 33.6 Å². The minimum absolute atomic E-state index is 0.0443. The SMILES string of the molecule is CO[C@@]12CC[C@H](N(C(=O)OC(C)(C)C)/C(N)=N/C(=O)OC(C)(C)C)[C@@H]3Oc4c(O)ccc5c4C31CCN(C)C2C5. The summed E-state index contributed by atoms with van der Waals surface area (Å²) in [5.41, 5.74) is 5.55. The number of guanidine groups is 1. The molecule has 40 heavy (non-hydrogen) atoms. The van der Waals surface area contributed by atoms with Crippen LogP contribution in [-0.2, 0) is 26.0 Å². The first-order valence-corrected chi connectivity index (χ1v) is 13.9. The molecule has 2 amide bonds. The van der Waals surface area contributed by atoms with Gasteiger partial charge in [-0.1, -0.05) is 6.07 Å². The first-order chi connectivity index (χ1) is 18.5. The van der Waals surface area contributed by atoms with Crippen molar-refractivity contribution >= 4 is 18.1 Å². The largest absolute Gasteiger partial charge is 0.504 e. The van der Waals surface area contributed by atoms with Crippen molar-refractivity contribution in [1.82, 2.24) is 9.80 Å². The van der Waals surface area contributed by atoms with E-state index in [1.807, 2.05) is 6.07 Å². The number of methoxy groups -OCH3 is 1. The quantitative estimate of drug-likeness (QED) is 0.411. The zero-order chi connectivity index (χ0) is 29.4. The first-order valence-electron chi connectivity index (χ1n) is 13.9. The maximum Gasteiger partial charge on any atom is 0.437 e. The molecule has 2 aliphatic heterocycles. The molecule has 11 heteroatoms. The average molecular weight is 559 g/mol. The van der Waals surface area contributed by atoms with Gasteiger partial charge in [0, 0.05) is 18.7 Å². The van der Waals surface area contributed by atoms with Crippen LogP contribution in [0.3, 0.4) is 0 Å². The predicted octanol–water partition coefficient (Wildman–Crippen LogP) is 3.69. The average Bonchev–Trinajstić information content (AvgIpc) is 3.17. The number of likely N-dealkylation sites (N-methyl/N-ethyl adjacent to an activating group) is 1. The molecule has 1 saturated carbocycles. The normalized spacial score (nSPS) is 31.2. The minimum atomic E-state index is -0.911. The Labute approximate surface area is 235 Å². The number of ether oxygens (including phenoxy) is 4. The molecule has 1 aromatic rings. The van der Waals surface area contributed by atoms with Crippen molar-refractivity contribution in [3.63, 3.8) is 0 Å². The lowest BCUT2D eigenvalue weighted by Gasteiger charge is -2.65. The molecule has 1 aromatic carbocycles. The maximum absolute atomic E-state index is 13.8. The summed E-state index contributed by atoms with van der Waals surface area (Å²) >= 11 is 0. The molecule has 4 aliphatic rings. The second-order valence-corrected chi connectivity index (χ2v) is 13.4. The van der Waals surface area contributed by atoms with Crippen molar-refractivity contribution in [3.8, 4) is 11.5 Å². The van der Waals surface area contributed by atoms with Crippen molar-refractivity contribution in [2.45, 2.75) is 108 Å². The van der Waals surface area contributed by atoms with Gasteiger partial charge in [0.1, 0.15) is 17.3 Å². The van der Waals surface area contributed by atoms with Crippen LogP contribution >= 0.6 is 0 Å². The van der Waals surface area contributed by atoms with Gasteiger partial charge < -0.3 is 34.7 Å². The fourth-order valence-electron chi connectivity index (χ4n) is 7.52. The molecule has 2 unspecified atom stereocenters. The number of likely N-dealkylation sites (tertiary alicyclic amines) is 1. The zero-order valence-electron chi connectivity index (χ0n) is 24.7. The highest BCUT2D eigenvalue weighted by Crippen LogP contribution is 2.66. The summed E-state index contributed by atoms with van der Waals surface area (Å²) < 4.78 is 24.3. The third-order valence-electron chi connectivity index (χ3n) is 8.79. The smallest absolute Gasteiger partial charge is 0.437 e. The van der Waals surface area contributed by atoms with E-state index in [9.17, 15) is 14.7 Å². The lowest BCUT2D eigenvalue weighted by Crippen LogP contribution is -2.78. The number of carbonyl (C=O) groups is 2. The second kappa shape index (κ2) is 9.24. The highest BCUT2D eigenvalue weighted by atomic mass is 16.6. The van der Waals surface area contributed by atoms with Gasteiger partial charge in [-0.3, -0.25) is 0 Å². The van der Waals surface area contributed by atoms with E-state index in [-0.39, 0.29) is 17.8 Å². The van der Waals surface area contributed by atoms with Gasteiger partial charge in [-0.05, 0) is 92.4 Å². The van der Waals surface area contributed by atoms with Crippen LogP contribution in [0.5, 0.6) is 11.5 Å². The number of hydrogen-bond donors (Lipinski definition) is 2. The predicted molar refractivity (Wildman–Crippen MR) is 148 cm³/mol. The lowest BCUT2D eigenvalue weighted by atomic mass is 9.48. The molecule has 2 fully saturated rings.